The van der Waals surface area contributed by atoms with Gasteiger partial charge in [-0.3, -0.25) is 4.79 Å². The highest BCUT2D eigenvalue weighted by Gasteiger charge is 2.06. The van der Waals surface area contributed by atoms with Crippen molar-refractivity contribution in [3.05, 3.63) is 53.6 Å². The molecule has 8 heteroatoms. The number of guanidine groups is 1. The molecule has 1 amide bonds. The third-order valence-corrected chi connectivity index (χ3v) is 3.65. The number of aliphatic imine (C=N–C) groups is 1. The van der Waals surface area contributed by atoms with Gasteiger partial charge in [-0.05, 0) is 36.8 Å². The van der Waals surface area contributed by atoms with Crippen LogP contribution in [0.4, 0.5) is 5.69 Å². The topological polar surface area (TPSA) is 98.0 Å². The van der Waals surface area contributed by atoms with Crippen LogP contribution in [0.15, 0.2) is 47.5 Å². The Bertz CT molecular complexity index is 779. The molecule has 0 spiro atoms. The van der Waals surface area contributed by atoms with Crippen LogP contribution >= 0.6 is 24.0 Å². The first-order chi connectivity index (χ1) is 12.6. The number of carbonyl (C=O) groups excluding carboxylic acids is 1. The Kier molecular flexibility index (Phi) is 9.41. The molecule has 0 unspecified atom stereocenters. The number of benzene rings is 2. The van der Waals surface area contributed by atoms with Gasteiger partial charge in [0.25, 0.3) is 0 Å². The van der Waals surface area contributed by atoms with Crippen molar-refractivity contribution in [3.63, 3.8) is 0 Å². The van der Waals surface area contributed by atoms with E-state index >= 15 is 0 Å². The molecule has 0 aromatic heterocycles. The number of nitrogens with one attached hydrogen (secondary N) is 2. The monoisotopic (exact) mass is 484 g/mol. The normalized spacial score (nSPS) is 10.6. The van der Waals surface area contributed by atoms with Crippen LogP contribution in [0.2, 0.25) is 0 Å². The maximum absolute atomic E-state index is 11.1. The van der Waals surface area contributed by atoms with E-state index in [0.29, 0.717) is 29.6 Å². The lowest BCUT2D eigenvalue weighted by Crippen LogP contribution is -2.30. The Labute approximate surface area is 176 Å². The van der Waals surface area contributed by atoms with Crippen molar-refractivity contribution < 1.29 is 14.3 Å². The molecule has 0 radical (unpaired) electrons. The summed E-state index contributed by atoms with van der Waals surface area (Å²) in [4.78, 5) is 15.7. The summed E-state index contributed by atoms with van der Waals surface area (Å²) in [7, 11) is 3.19. The van der Waals surface area contributed by atoms with Gasteiger partial charge >= 0.3 is 0 Å². The fourth-order valence-electron chi connectivity index (χ4n) is 2.30. The Balaban J connectivity index is 0.00000364. The molecule has 4 N–H and O–H groups in total. The highest BCUT2D eigenvalue weighted by Crippen LogP contribution is 2.29. The molecule has 0 saturated carbocycles. The van der Waals surface area contributed by atoms with Crippen LogP contribution in [-0.2, 0) is 6.54 Å². The fraction of sp³-hybridized carbons (Fsp3) is 0.263. The van der Waals surface area contributed by atoms with Gasteiger partial charge < -0.3 is 25.8 Å². The van der Waals surface area contributed by atoms with E-state index in [1.165, 1.54) is 0 Å². The molecule has 0 fully saturated rings. The average Bonchev–Trinajstić information content (AvgIpc) is 2.66. The van der Waals surface area contributed by atoms with E-state index in [0.717, 1.165) is 17.8 Å². The molecule has 146 valence electrons. The van der Waals surface area contributed by atoms with Crippen molar-refractivity contribution >= 4 is 41.5 Å². The minimum atomic E-state index is -0.441. The molecule has 0 bridgehead atoms. The summed E-state index contributed by atoms with van der Waals surface area (Å²) in [6.45, 7) is 3.18. The lowest BCUT2D eigenvalue weighted by Gasteiger charge is -2.14. The standard InChI is InChI=1S/C19H24N4O3.HI/c1-4-21-19(22-12-13-5-7-14(8-6-13)18(20)24)23-15-9-10-16(25-2)17(11-15)26-3;/h5-11H,4,12H2,1-3H3,(H2,20,24)(H2,21,22,23);1H. The number of hydrogen-bond acceptors (Lipinski definition) is 4. The van der Waals surface area contributed by atoms with Gasteiger partial charge in [0.1, 0.15) is 0 Å². The van der Waals surface area contributed by atoms with Crippen LogP contribution in [0.1, 0.15) is 22.8 Å². The third-order valence-electron chi connectivity index (χ3n) is 3.65. The number of methoxy groups -OCH3 is 2. The first-order valence-electron chi connectivity index (χ1n) is 8.23. The van der Waals surface area contributed by atoms with Gasteiger partial charge in [-0.15, -0.1) is 24.0 Å². The first-order valence-corrected chi connectivity index (χ1v) is 8.23. The lowest BCUT2D eigenvalue weighted by molar-refractivity contribution is 0.100. The quantitative estimate of drug-likeness (QED) is 0.319. The summed E-state index contributed by atoms with van der Waals surface area (Å²) in [5.74, 6) is 1.49. The summed E-state index contributed by atoms with van der Waals surface area (Å²) >= 11 is 0. The van der Waals surface area contributed by atoms with E-state index < -0.39 is 5.91 Å². The predicted octanol–water partition coefficient (Wildman–Crippen LogP) is 3.00. The molecular weight excluding hydrogens is 459 g/mol. The van der Waals surface area contributed by atoms with Gasteiger partial charge in [0, 0.05) is 23.9 Å². The van der Waals surface area contributed by atoms with Gasteiger partial charge in [-0.2, -0.15) is 0 Å². The van der Waals surface area contributed by atoms with Crippen LogP contribution < -0.4 is 25.8 Å². The van der Waals surface area contributed by atoms with E-state index in [1.54, 1.807) is 26.4 Å². The molecule has 0 saturated heterocycles. The van der Waals surface area contributed by atoms with Crippen molar-refractivity contribution in [2.45, 2.75) is 13.5 Å². The number of halogens is 1. The summed E-state index contributed by atoms with van der Waals surface area (Å²) in [5.41, 5.74) is 7.53. The van der Waals surface area contributed by atoms with Crippen LogP contribution in [0, 0.1) is 0 Å². The van der Waals surface area contributed by atoms with Crippen LogP contribution in [-0.4, -0.2) is 32.6 Å². The minimum absolute atomic E-state index is 0. The fourth-order valence-corrected chi connectivity index (χ4v) is 2.30. The number of amides is 1. The molecule has 27 heavy (non-hydrogen) atoms. The number of rotatable bonds is 7. The second kappa shape index (κ2) is 11.3. The number of primary amides is 1. The maximum Gasteiger partial charge on any atom is 0.248 e. The number of ether oxygens (including phenoxy) is 2. The number of hydrogen-bond donors (Lipinski definition) is 3. The largest absolute Gasteiger partial charge is 0.493 e. The summed E-state index contributed by atoms with van der Waals surface area (Å²) in [6, 6.07) is 12.6. The number of nitrogens with two attached hydrogens (primary N) is 1. The number of anilines is 1. The highest BCUT2D eigenvalue weighted by atomic mass is 127. The summed E-state index contributed by atoms with van der Waals surface area (Å²) in [6.07, 6.45) is 0. The first kappa shape index (κ1) is 22.6. The molecule has 0 aliphatic rings. The van der Waals surface area contributed by atoms with Crippen LogP contribution in [0.5, 0.6) is 11.5 Å². The second-order valence-electron chi connectivity index (χ2n) is 5.45. The van der Waals surface area contributed by atoms with Gasteiger partial charge in [-0.25, -0.2) is 4.99 Å². The van der Waals surface area contributed by atoms with Crippen molar-refractivity contribution in [3.8, 4) is 11.5 Å². The van der Waals surface area contributed by atoms with Gasteiger partial charge in [0.15, 0.2) is 17.5 Å². The molecule has 0 atom stereocenters. The maximum atomic E-state index is 11.1. The molecule has 2 aromatic carbocycles. The second-order valence-corrected chi connectivity index (χ2v) is 5.45. The number of carbonyl (C=O) groups is 1. The lowest BCUT2D eigenvalue weighted by atomic mass is 10.1. The SMILES string of the molecule is CCNC(=NCc1ccc(C(N)=O)cc1)Nc1ccc(OC)c(OC)c1.I. The zero-order valence-corrected chi connectivity index (χ0v) is 17.9. The molecule has 2 aromatic rings. The van der Waals surface area contributed by atoms with Crippen molar-refractivity contribution in [2.24, 2.45) is 10.7 Å². The molecule has 7 nitrogen and oxygen atoms in total. The minimum Gasteiger partial charge on any atom is -0.493 e. The highest BCUT2D eigenvalue weighted by molar-refractivity contribution is 14.0. The Hall–Kier alpha value is -2.49. The zero-order valence-electron chi connectivity index (χ0n) is 15.6. The van der Waals surface area contributed by atoms with Crippen molar-refractivity contribution in [2.75, 3.05) is 26.1 Å². The van der Waals surface area contributed by atoms with E-state index in [1.807, 2.05) is 37.3 Å². The van der Waals surface area contributed by atoms with E-state index in [9.17, 15) is 4.79 Å². The third kappa shape index (κ3) is 6.63. The number of nitrogens with zero attached hydrogens (tertiary/aromatic N) is 1. The molecule has 0 aliphatic carbocycles. The smallest absolute Gasteiger partial charge is 0.248 e. The zero-order chi connectivity index (χ0) is 18.9. The Morgan fingerprint density at radius 1 is 1.07 bits per heavy atom. The Morgan fingerprint density at radius 2 is 1.74 bits per heavy atom. The van der Waals surface area contributed by atoms with Gasteiger partial charge in [0.05, 0.1) is 20.8 Å². The predicted molar refractivity (Wildman–Crippen MR) is 118 cm³/mol. The summed E-state index contributed by atoms with van der Waals surface area (Å²) in [5, 5.41) is 6.42. The van der Waals surface area contributed by atoms with Gasteiger partial charge in [0.2, 0.25) is 5.91 Å². The van der Waals surface area contributed by atoms with Crippen molar-refractivity contribution in [1.82, 2.24) is 5.32 Å². The van der Waals surface area contributed by atoms with Crippen LogP contribution in [0.3, 0.4) is 0 Å². The molecule has 0 aliphatic heterocycles. The Morgan fingerprint density at radius 3 is 2.30 bits per heavy atom. The molecule has 2 rings (SSSR count). The average molecular weight is 484 g/mol. The molecule has 0 heterocycles. The van der Waals surface area contributed by atoms with Crippen molar-refractivity contribution in [1.29, 1.82) is 0 Å². The van der Waals surface area contributed by atoms with E-state index in [4.69, 9.17) is 15.2 Å². The van der Waals surface area contributed by atoms with Gasteiger partial charge in [-0.1, -0.05) is 12.1 Å². The van der Waals surface area contributed by atoms with E-state index in [-0.39, 0.29) is 24.0 Å². The summed E-state index contributed by atoms with van der Waals surface area (Å²) < 4.78 is 10.6. The molecular formula is C19H25IN4O3. The van der Waals surface area contributed by atoms with E-state index in [2.05, 4.69) is 15.6 Å². The van der Waals surface area contributed by atoms with Crippen LogP contribution in [0.25, 0.3) is 0 Å².